The Labute approximate surface area is 138 Å². The molecule has 1 aliphatic rings. The van der Waals surface area contributed by atoms with Gasteiger partial charge in [0, 0.05) is 44.9 Å². The number of carboxylic acid groups (broad SMARTS) is 1. The second kappa shape index (κ2) is 7.98. The summed E-state index contributed by atoms with van der Waals surface area (Å²) in [5, 5.41) is 19.7. The number of piperazine rings is 1. The molecule has 1 amide bonds. The monoisotopic (exact) mass is 343 g/mol. The molecular weight excluding hydrogens is 326 g/mol. The van der Waals surface area contributed by atoms with E-state index >= 15 is 0 Å². The van der Waals surface area contributed by atoms with Gasteiger partial charge in [0.05, 0.1) is 16.6 Å². The van der Waals surface area contributed by atoms with Crippen molar-refractivity contribution in [3.05, 3.63) is 33.3 Å². The van der Waals surface area contributed by atoms with Crippen molar-refractivity contribution < 1.29 is 19.6 Å². The minimum absolute atomic E-state index is 0.0707. The van der Waals surface area contributed by atoms with Crippen molar-refractivity contribution >= 4 is 23.4 Å². The molecule has 0 radical (unpaired) electrons. The van der Waals surface area contributed by atoms with Gasteiger partial charge in [0.2, 0.25) is 0 Å². The van der Waals surface area contributed by atoms with Gasteiger partial charge in [-0.2, -0.15) is 0 Å². The van der Waals surface area contributed by atoms with Crippen LogP contribution in [0.5, 0.6) is 5.75 Å². The summed E-state index contributed by atoms with van der Waals surface area (Å²) >= 11 is 5.95. The molecule has 9 heteroatoms. The fourth-order valence-electron chi connectivity index (χ4n) is 2.35. The van der Waals surface area contributed by atoms with Crippen molar-refractivity contribution in [3.63, 3.8) is 0 Å². The first kappa shape index (κ1) is 17.3. The topological polar surface area (TPSA) is 96.2 Å². The Morgan fingerprint density at radius 2 is 2.04 bits per heavy atom. The van der Waals surface area contributed by atoms with Gasteiger partial charge in [-0.1, -0.05) is 11.6 Å². The van der Waals surface area contributed by atoms with Crippen LogP contribution in [0.2, 0.25) is 5.02 Å². The zero-order chi connectivity index (χ0) is 16.8. The van der Waals surface area contributed by atoms with Crippen molar-refractivity contribution in [1.29, 1.82) is 0 Å². The normalized spacial score (nSPS) is 15.4. The van der Waals surface area contributed by atoms with Crippen LogP contribution < -0.4 is 4.74 Å². The van der Waals surface area contributed by atoms with Gasteiger partial charge in [-0.15, -0.1) is 0 Å². The van der Waals surface area contributed by atoms with Crippen molar-refractivity contribution in [2.45, 2.75) is 6.42 Å². The molecule has 1 saturated heterocycles. The van der Waals surface area contributed by atoms with Crippen molar-refractivity contribution in [1.82, 2.24) is 9.80 Å². The van der Waals surface area contributed by atoms with Gasteiger partial charge in [0.15, 0.2) is 0 Å². The molecular formula is C14H18ClN3O5. The molecule has 0 bridgehead atoms. The summed E-state index contributed by atoms with van der Waals surface area (Å²) in [6.07, 6.45) is -0.110. The molecule has 23 heavy (non-hydrogen) atoms. The van der Waals surface area contributed by atoms with Crippen molar-refractivity contribution in [2.24, 2.45) is 0 Å². The zero-order valence-electron chi connectivity index (χ0n) is 12.5. The molecule has 1 heterocycles. The number of nitro groups is 1. The number of amides is 1. The lowest BCUT2D eigenvalue weighted by Gasteiger charge is -2.32. The Balaban J connectivity index is 1.70. The maximum absolute atomic E-state index is 10.8. The van der Waals surface area contributed by atoms with Gasteiger partial charge < -0.3 is 14.7 Å². The van der Waals surface area contributed by atoms with Gasteiger partial charge >= 0.3 is 6.09 Å². The maximum Gasteiger partial charge on any atom is 0.407 e. The van der Waals surface area contributed by atoms with Crippen molar-refractivity contribution in [3.8, 4) is 5.75 Å². The van der Waals surface area contributed by atoms with Crippen LogP contribution in [-0.4, -0.2) is 65.3 Å². The number of halogens is 1. The fraction of sp³-hybridized carbons (Fsp3) is 0.500. The van der Waals surface area contributed by atoms with Crippen LogP contribution >= 0.6 is 11.6 Å². The molecule has 1 N–H and O–H groups in total. The first-order chi connectivity index (χ1) is 11.0. The molecule has 8 nitrogen and oxygen atoms in total. The Bertz CT molecular complexity index is 576. The highest BCUT2D eigenvalue weighted by molar-refractivity contribution is 6.32. The van der Waals surface area contributed by atoms with Crippen LogP contribution in [-0.2, 0) is 0 Å². The number of nitro benzene ring substituents is 1. The third-order valence-electron chi connectivity index (χ3n) is 3.65. The van der Waals surface area contributed by atoms with Gasteiger partial charge in [0.1, 0.15) is 5.75 Å². The third-order valence-corrected chi connectivity index (χ3v) is 3.94. The third kappa shape index (κ3) is 4.97. The Hall–Kier alpha value is -2.06. The number of non-ortho nitro benzene ring substituents is 1. The molecule has 0 atom stereocenters. The molecule has 1 fully saturated rings. The average molecular weight is 344 g/mol. The first-order valence-electron chi connectivity index (χ1n) is 7.24. The molecule has 126 valence electrons. The van der Waals surface area contributed by atoms with E-state index in [1.807, 2.05) is 0 Å². The predicted molar refractivity (Wildman–Crippen MR) is 84.3 cm³/mol. The average Bonchev–Trinajstić information content (AvgIpc) is 2.53. The van der Waals surface area contributed by atoms with E-state index in [2.05, 4.69) is 4.90 Å². The molecule has 0 spiro atoms. The summed E-state index contributed by atoms with van der Waals surface area (Å²) in [4.78, 5) is 24.5. The smallest absolute Gasteiger partial charge is 0.407 e. The van der Waals surface area contributed by atoms with E-state index in [1.165, 1.54) is 23.1 Å². The molecule has 0 aliphatic carbocycles. The standard InChI is InChI=1S/C14H18ClN3O5/c15-12-10-11(18(21)22)2-3-13(12)23-9-1-4-16-5-7-17(8-6-16)14(19)20/h2-3,10H,1,4-9H2,(H,19,20). The number of rotatable bonds is 6. The largest absolute Gasteiger partial charge is 0.492 e. The maximum atomic E-state index is 10.8. The van der Waals surface area contributed by atoms with Gasteiger partial charge in [-0.05, 0) is 12.5 Å². The number of ether oxygens (including phenoxy) is 1. The lowest BCUT2D eigenvalue weighted by Crippen LogP contribution is -2.48. The van der Waals surface area contributed by atoms with E-state index in [0.29, 0.717) is 38.5 Å². The minimum atomic E-state index is -0.874. The summed E-state index contributed by atoms with van der Waals surface area (Å²) in [5.41, 5.74) is -0.0707. The molecule has 2 rings (SSSR count). The van der Waals surface area contributed by atoms with E-state index in [9.17, 15) is 14.9 Å². The van der Waals surface area contributed by atoms with Crippen LogP contribution in [0, 0.1) is 10.1 Å². The minimum Gasteiger partial charge on any atom is -0.492 e. The van der Waals surface area contributed by atoms with Crippen LogP contribution in [0.3, 0.4) is 0 Å². The SMILES string of the molecule is O=C(O)N1CCN(CCCOc2ccc([N+](=O)[O-])cc2Cl)CC1. The number of hydrogen-bond donors (Lipinski definition) is 1. The van der Waals surface area contributed by atoms with Crippen LogP contribution in [0.4, 0.5) is 10.5 Å². The number of nitrogens with zero attached hydrogens (tertiary/aromatic N) is 3. The number of carbonyl (C=O) groups is 1. The van der Waals surface area contributed by atoms with E-state index in [-0.39, 0.29) is 10.7 Å². The lowest BCUT2D eigenvalue weighted by atomic mass is 10.3. The van der Waals surface area contributed by atoms with E-state index in [0.717, 1.165) is 13.0 Å². The second-order valence-corrected chi connectivity index (χ2v) is 5.59. The van der Waals surface area contributed by atoms with Crippen LogP contribution in [0.15, 0.2) is 18.2 Å². The van der Waals surface area contributed by atoms with E-state index in [4.69, 9.17) is 21.4 Å². The zero-order valence-corrected chi connectivity index (χ0v) is 13.2. The number of hydrogen-bond acceptors (Lipinski definition) is 5. The van der Waals surface area contributed by atoms with Crippen LogP contribution in [0.25, 0.3) is 0 Å². The number of benzene rings is 1. The van der Waals surface area contributed by atoms with Gasteiger partial charge in [-0.3, -0.25) is 15.0 Å². The Morgan fingerprint density at radius 1 is 1.35 bits per heavy atom. The predicted octanol–water partition coefficient (Wildman–Crippen LogP) is 2.31. The summed E-state index contributed by atoms with van der Waals surface area (Å²) < 4.78 is 5.54. The highest BCUT2D eigenvalue weighted by atomic mass is 35.5. The second-order valence-electron chi connectivity index (χ2n) is 5.19. The van der Waals surface area contributed by atoms with E-state index < -0.39 is 11.0 Å². The van der Waals surface area contributed by atoms with Gasteiger partial charge in [0.25, 0.3) is 5.69 Å². The molecule has 1 aromatic carbocycles. The molecule has 1 aliphatic heterocycles. The summed E-state index contributed by atoms with van der Waals surface area (Å²) in [6, 6.07) is 4.11. The molecule has 1 aromatic rings. The van der Waals surface area contributed by atoms with Crippen molar-refractivity contribution in [2.75, 3.05) is 39.3 Å². The van der Waals surface area contributed by atoms with Gasteiger partial charge in [-0.25, -0.2) is 4.79 Å². The highest BCUT2D eigenvalue weighted by Gasteiger charge is 2.19. The van der Waals surface area contributed by atoms with Crippen LogP contribution in [0.1, 0.15) is 6.42 Å². The van der Waals surface area contributed by atoms with E-state index in [1.54, 1.807) is 0 Å². The fourth-order valence-corrected chi connectivity index (χ4v) is 2.58. The lowest BCUT2D eigenvalue weighted by molar-refractivity contribution is -0.384. The molecule has 0 unspecified atom stereocenters. The Morgan fingerprint density at radius 3 is 2.61 bits per heavy atom. The highest BCUT2D eigenvalue weighted by Crippen LogP contribution is 2.28. The summed E-state index contributed by atoms with van der Waals surface area (Å²) in [5.74, 6) is 0.424. The summed E-state index contributed by atoms with van der Waals surface area (Å²) in [6.45, 7) is 3.71. The first-order valence-corrected chi connectivity index (χ1v) is 7.62. The molecule has 0 saturated carbocycles. The quantitative estimate of drug-likeness (QED) is 0.483. The molecule has 0 aromatic heterocycles. The summed E-state index contributed by atoms with van der Waals surface area (Å²) in [7, 11) is 0. The Kier molecular flexibility index (Phi) is 6.00.